The molecule has 0 saturated heterocycles. The van der Waals surface area contributed by atoms with Crippen LogP contribution in [0.25, 0.3) is 0 Å². The fourth-order valence-electron chi connectivity index (χ4n) is 1.82. The summed E-state index contributed by atoms with van der Waals surface area (Å²) in [6.07, 6.45) is 1.99. The van der Waals surface area contributed by atoms with Gasteiger partial charge in [0.25, 0.3) is 5.91 Å². The van der Waals surface area contributed by atoms with Crippen LogP contribution in [-0.2, 0) is 6.42 Å². The maximum absolute atomic E-state index is 12.1. The van der Waals surface area contributed by atoms with Gasteiger partial charge in [-0.3, -0.25) is 4.79 Å². The quantitative estimate of drug-likeness (QED) is 0.855. The molecule has 0 bridgehead atoms. The molecular formula is C16H20N4O. The van der Waals surface area contributed by atoms with Gasteiger partial charge in [-0.05, 0) is 42.7 Å². The molecule has 0 fully saturated rings. The molecule has 0 radical (unpaired) electrons. The Balaban J connectivity index is 1.98. The van der Waals surface area contributed by atoms with Gasteiger partial charge >= 0.3 is 0 Å². The summed E-state index contributed by atoms with van der Waals surface area (Å²) in [5, 5.41) is 13.8. The molecule has 110 valence electrons. The van der Waals surface area contributed by atoms with Gasteiger partial charge in [0.15, 0.2) is 5.69 Å². The monoisotopic (exact) mass is 284 g/mol. The van der Waals surface area contributed by atoms with Crippen molar-refractivity contribution >= 4 is 17.4 Å². The zero-order valence-corrected chi connectivity index (χ0v) is 12.4. The number of nitrogens with zero attached hydrogens (tertiary/aromatic N) is 2. The number of hydrogen-bond donors (Lipinski definition) is 2. The topological polar surface area (TPSA) is 66.9 Å². The van der Waals surface area contributed by atoms with E-state index in [9.17, 15) is 4.79 Å². The number of aryl methyl sites for hydroxylation is 1. The van der Waals surface area contributed by atoms with Crippen LogP contribution in [0.3, 0.4) is 0 Å². The summed E-state index contributed by atoms with van der Waals surface area (Å²) < 4.78 is 0. The lowest BCUT2D eigenvalue weighted by Gasteiger charge is -2.06. The Morgan fingerprint density at radius 3 is 2.38 bits per heavy atom. The number of carbonyl (C=O) groups excluding carboxylic acids is 1. The van der Waals surface area contributed by atoms with Gasteiger partial charge in [0.2, 0.25) is 0 Å². The fourth-order valence-corrected chi connectivity index (χ4v) is 1.82. The van der Waals surface area contributed by atoms with E-state index in [0.717, 1.165) is 25.1 Å². The van der Waals surface area contributed by atoms with Crippen LogP contribution in [0.2, 0.25) is 0 Å². The Labute approximate surface area is 124 Å². The van der Waals surface area contributed by atoms with Crippen LogP contribution in [-0.4, -0.2) is 22.6 Å². The zero-order valence-electron chi connectivity index (χ0n) is 12.4. The molecule has 5 heteroatoms. The van der Waals surface area contributed by atoms with Gasteiger partial charge < -0.3 is 10.6 Å². The van der Waals surface area contributed by atoms with E-state index in [1.807, 2.05) is 24.3 Å². The first-order chi connectivity index (χ1) is 10.2. The maximum atomic E-state index is 12.1. The Morgan fingerprint density at radius 1 is 1.05 bits per heavy atom. The van der Waals surface area contributed by atoms with Crippen LogP contribution >= 0.6 is 0 Å². The third kappa shape index (κ3) is 4.27. The molecule has 0 aliphatic carbocycles. The van der Waals surface area contributed by atoms with Crippen LogP contribution in [0.4, 0.5) is 11.5 Å². The summed E-state index contributed by atoms with van der Waals surface area (Å²) in [7, 11) is 0. The molecule has 1 aromatic carbocycles. The third-order valence-corrected chi connectivity index (χ3v) is 3.07. The van der Waals surface area contributed by atoms with Crippen molar-refractivity contribution in [3.05, 3.63) is 47.7 Å². The fraction of sp³-hybridized carbons (Fsp3) is 0.312. The predicted octanol–water partition coefficient (Wildman–Crippen LogP) is 3.11. The first-order valence-electron chi connectivity index (χ1n) is 7.20. The summed E-state index contributed by atoms with van der Waals surface area (Å²) in [6, 6.07) is 11.2. The molecule has 5 nitrogen and oxygen atoms in total. The first-order valence-corrected chi connectivity index (χ1v) is 7.20. The van der Waals surface area contributed by atoms with Crippen LogP contribution in [0.5, 0.6) is 0 Å². The number of rotatable bonds is 6. The standard InChI is InChI=1S/C16H20N4O/c1-3-11-17-15-10-9-14(19-20-15)16(21)18-13-7-5-12(4-2)6-8-13/h5-10H,3-4,11H2,1-2H3,(H,17,20)(H,18,21). The van der Waals surface area contributed by atoms with Gasteiger partial charge in [-0.2, -0.15) is 0 Å². The Kier molecular flexibility index (Phi) is 5.26. The molecule has 0 unspecified atom stereocenters. The summed E-state index contributed by atoms with van der Waals surface area (Å²) >= 11 is 0. The number of benzene rings is 1. The highest BCUT2D eigenvalue weighted by molar-refractivity contribution is 6.02. The Bertz CT molecular complexity index is 578. The van der Waals surface area contributed by atoms with Crippen molar-refractivity contribution in [1.29, 1.82) is 0 Å². The minimum atomic E-state index is -0.256. The molecule has 0 aliphatic heterocycles. The van der Waals surface area contributed by atoms with Crippen molar-refractivity contribution in [2.24, 2.45) is 0 Å². The van der Waals surface area contributed by atoms with Gasteiger partial charge in [-0.25, -0.2) is 0 Å². The molecule has 2 rings (SSSR count). The van der Waals surface area contributed by atoms with E-state index in [-0.39, 0.29) is 5.91 Å². The number of nitrogens with one attached hydrogen (secondary N) is 2. The second-order valence-electron chi connectivity index (χ2n) is 4.74. The molecule has 0 atom stereocenters. The van der Waals surface area contributed by atoms with Crippen LogP contribution in [0.15, 0.2) is 36.4 Å². The van der Waals surface area contributed by atoms with Crippen molar-refractivity contribution in [2.75, 3.05) is 17.2 Å². The first kappa shape index (κ1) is 15.0. The molecule has 1 heterocycles. The van der Waals surface area contributed by atoms with Crippen molar-refractivity contribution in [2.45, 2.75) is 26.7 Å². The zero-order chi connectivity index (χ0) is 15.1. The highest BCUT2D eigenvalue weighted by Crippen LogP contribution is 2.11. The van der Waals surface area contributed by atoms with Crippen LogP contribution < -0.4 is 10.6 Å². The van der Waals surface area contributed by atoms with Crippen molar-refractivity contribution in [3.8, 4) is 0 Å². The van der Waals surface area contributed by atoms with Gasteiger partial charge in [-0.1, -0.05) is 26.0 Å². The van der Waals surface area contributed by atoms with Gasteiger partial charge in [0.05, 0.1) is 0 Å². The Hall–Kier alpha value is -2.43. The highest BCUT2D eigenvalue weighted by Gasteiger charge is 2.08. The second-order valence-corrected chi connectivity index (χ2v) is 4.74. The van der Waals surface area contributed by atoms with E-state index in [0.29, 0.717) is 11.5 Å². The van der Waals surface area contributed by atoms with Crippen LogP contribution in [0, 0.1) is 0 Å². The van der Waals surface area contributed by atoms with E-state index < -0.39 is 0 Å². The van der Waals surface area contributed by atoms with Crippen LogP contribution in [0.1, 0.15) is 36.3 Å². The third-order valence-electron chi connectivity index (χ3n) is 3.07. The number of aromatic nitrogens is 2. The second kappa shape index (κ2) is 7.38. The minimum absolute atomic E-state index is 0.256. The summed E-state index contributed by atoms with van der Waals surface area (Å²) in [5.74, 6) is 0.425. The summed E-state index contributed by atoms with van der Waals surface area (Å²) in [4.78, 5) is 12.1. The van der Waals surface area contributed by atoms with Gasteiger partial charge in [-0.15, -0.1) is 10.2 Å². The average molecular weight is 284 g/mol. The SMILES string of the molecule is CCCNc1ccc(C(=O)Nc2ccc(CC)cc2)nn1. The van der Waals surface area contributed by atoms with E-state index in [4.69, 9.17) is 0 Å². The van der Waals surface area contributed by atoms with E-state index in [1.165, 1.54) is 5.56 Å². The Morgan fingerprint density at radius 2 is 1.81 bits per heavy atom. The largest absolute Gasteiger partial charge is 0.369 e. The average Bonchev–Trinajstić information content (AvgIpc) is 2.54. The van der Waals surface area contributed by atoms with E-state index in [2.05, 4.69) is 34.7 Å². The molecule has 1 aromatic heterocycles. The molecular weight excluding hydrogens is 264 g/mol. The molecule has 0 aliphatic rings. The van der Waals surface area contributed by atoms with E-state index in [1.54, 1.807) is 12.1 Å². The molecule has 1 amide bonds. The van der Waals surface area contributed by atoms with E-state index >= 15 is 0 Å². The van der Waals surface area contributed by atoms with Crippen molar-refractivity contribution in [3.63, 3.8) is 0 Å². The lowest BCUT2D eigenvalue weighted by molar-refractivity contribution is 0.102. The van der Waals surface area contributed by atoms with Gasteiger partial charge in [0.1, 0.15) is 5.82 Å². The highest BCUT2D eigenvalue weighted by atomic mass is 16.1. The molecule has 21 heavy (non-hydrogen) atoms. The minimum Gasteiger partial charge on any atom is -0.369 e. The van der Waals surface area contributed by atoms with Crippen molar-refractivity contribution < 1.29 is 4.79 Å². The number of hydrogen-bond acceptors (Lipinski definition) is 4. The lowest BCUT2D eigenvalue weighted by atomic mass is 10.1. The smallest absolute Gasteiger partial charge is 0.276 e. The molecule has 2 N–H and O–H groups in total. The summed E-state index contributed by atoms with van der Waals surface area (Å²) in [5.41, 5.74) is 2.29. The number of carbonyl (C=O) groups is 1. The maximum Gasteiger partial charge on any atom is 0.276 e. The van der Waals surface area contributed by atoms with Crippen molar-refractivity contribution in [1.82, 2.24) is 10.2 Å². The normalized spacial score (nSPS) is 10.2. The van der Waals surface area contributed by atoms with Gasteiger partial charge in [0, 0.05) is 12.2 Å². The molecule has 2 aromatic rings. The molecule has 0 saturated carbocycles. The number of amides is 1. The molecule has 0 spiro atoms. The predicted molar refractivity (Wildman–Crippen MR) is 84.6 cm³/mol. The lowest BCUT2D eigenvalue weighted by Crippen LogP contribution is -2.15. The summed E-state index contributed by atoms with van der Waals surface area (Å²) in [6.45, 7) is 5.01. The number of anilines is 2.